The first kappa shape index (κ1) is 11.9. The molecule has 0 aromatic carbocycles. The van der Waals surface area contributed by atoms with E-state index in [2.05, 4.69) is 17.6 Å². The van der Waals surface area contributed by atoms with E-state index >= 15 is 0 Å². The smallest absolute Gasteiger partial charge is 0.0895 e. The van der Waals surface area contributed by atoms with Crippen LogP contribution >= 0.6 is 0 Å². The van der Waals surface area contributed by atoms with Crippen LogP contribution in [0.25, 0.3) is 0 Å². The van der Waals surface area contributed by atoms with Crippen molar-refractivity contribution in [2.24, 2.45) is 0 Å². The van der Waals surface area contributed by atoms with Gasteiger partial charge in [-0.25, -0.2) is 0 Å². The van der Waals surface area contributed by atoms with Crippen molar-refractivity contribution in [3.05, 3.63) is 0 Å². The minimum Gasteiger partial charge on any atom is -0.394 e. The summed E-state index contributed by atoms with van der Waals surface area (Å²) in [6.07, 6.45) is 3.00. The van der Waals surface area contributed by atoms with Gasteiger partial charge in [-0.15, -0.1) is 0 Å². The SMILES string of the molecule is CC(CC1CCCN1)NCC(O)CO. The lowest BCUT2D eigenvalue weighted by molar-refractivity contribution is 0.0918. The second-order valence-corrected chi connectivity index (χ2v) is 4.17. The summed E-state index contributed by atoms with van der Waals surface area (Å²) in [5.41, 5.74) is 0. The van der Waals surface area contributed by atoms with Crippen molar-refractivity contribution in [3.63, 3.8) is 0 Å². The van der Waals surface area contributed by atoms with Crippen molar-refractivity contribution < 1.29 is 10.2 Å². The maximum absolute atomic E-state index is 9.14. The van der Waals surface area contributed by atoms with Crippen LogP contribution in [0.2, 0.25) is 0 Å². The number of aliphatic hydroxyl groups excluding tert-OH is 2. The van der Waals surface area contributed by atoms with E-state index < -0.39 is 6.10 Å². The number of rotatable bonds is 6. The summed E-state index contributed by atoms with van der Waals surface area (Å²) in [5, 5.41) is 24.4. The van der Waals surface area contributed by atoms with E-state index in [1.54, 1.807) is 0 Å². The average molecular weight is 202 g/mol. The second-order valence-electron chi connectivity index (χ2n) is 4.17. The van der Waals surface area contributed by atoms with Gasteiger partial charge in [0.05, 0.1) is 12.7 Å². The molecule has 14 heavy (non-hydrogen) atoms. The Morgan fingerprint density at radius 1 is 1.57 bits per heavy atom. The topological polar surface area (TPSA) is 64.5 Å². The van der Waals surface area contributed by atoms with Gasteiger partial charge in [0, 0.05) is 18.6 Å². The molecule has 4 nitrogen and oxygen atoms in total. The minimum absolute atomic E-state index is 0.165. The first-order valence-electron chi connectivity index (χ1n) is 5.48. The normalized spacial score (nSPS) is 26.4. The third kappa shape index (κ3) is 4.37. The van der Waals surface area contributed by atoms with E-state index in [1.165, 1.54) is 12.8 Å². The summed E-state index contributed by atoms with van der Waals surface area (Å²) < 4.78 is 0. The van der Waals surface area contributed by atoms with E-state index in [4.69, 9.17) is 10.2 Å². The molecule has 3 atom stereocenters. The third-order valence-electron chi connectivity index (χ3n) is 2.71. The zero-order valence-electron chi connectivity index (χ0n) is 8.87. The van der Waals surface area contributed by atoms with Crippen LogP contribution in [-0.4, -0.2) is 48.1 Å². The third-order valence-corrected chi connectivity index (χ3v) is 2.71. The Kier molecular flexibility index (Phi) is 5.40. The molecule has 0 aromatic heterocycles. The van der Waals surface area contributed by atoms with Crippen molar-refractivity contribution in [1.29, 1.82) is 0 Å². The van der Waals surface area contributed by atoms with Crippen LogP contribution in [0.15, 0.2) is 0 Å². The lowest BCUT2D eigenvalue weighted by Crippen LogP contribution is -2.38. The zero-order chi connectivity index (χ0) is 10.4. The fourth-order valence-corrected chi connectivity index (χ4v) is 1.87. The highest BCUT2D eigenvalue weighted by Gasteiger charge is 2.16. The first-order valence-corrected chi connectivity index (χ1v) is 5.48. The molecule has 1 aliphatic rings. The monoisotopic (exact) mass is 202 g/mol. The Hall–Kier alpha value is -0.160. The lowest BCUT2D eigenvalue weighted by atomic mass is 10.1. The molecule has 4 heteroatoms. The molecule has 4 N–H and O–H groups in total. The quantitative estimate of drug-likeness (QED) is 0.467. The van der Waals surface area contributed by atoms with Crippen LogP contribution in [0.3, 0.4) is 0 Å². The first-order chi connectivity index (χ1) is 6.72. The van der Waals surface area contributed by atoms with Gasteiger partial charge >= 0.3 is 0 Å². The lowest BCUT2D eigenvalue weighted by Gasteiger charge is -2.19. The van der Waals surface area contributed by atoms with Gasteiger partial charge in [0.25, 0.3) is 0 Å². The van der Waals surface area contributed by atoms with Crippen molar-refractivity contribution in [3.8, 4) is 0 Å². The molecule has 3 unspecified atom stereocenters. The summed E-state index contributed by atoms with van der Waals surface area (Å²) in [5.74, 6) is 0. The number of hydrogen-bond acceptors (Lipinski definition) is 4. The molecule has 0 bridgehead atoms. The van der Waals surface area contributed by atoms with Crippen LogP contribution in [0.4, 0.5) is 0 Å². The van der Waals surface area contributed by atoms with Crippen LogP contribution in [0.5, 0.6) is 0 Å². The van der Waals surface area contributed by atoms with Crippen molar-refractivity contribution in [1.82, 2.24) is 10.6 Å². The summed E-state index contributed by atoms with van der Waals surface area (Å²) in [4.78, 5) is 0. The van der Waals surface area contributed by atoms with E-state index in [9.17, 15) is 0 Å². The minimum atomic E-state index is -0.631. The Morgan fingerprint density at radius 2 is 2.36 bits per heavy atom. The molecule has 0 aliphatic carbocycles. The Balaban J connectivity index is 2.05. The number of nitrogens with one attached hydrogen (secondary N) is 2. The summed E-state index contributed by atoms with van der Waals surface area (Å²) in [6.45, 7) is 3.56. The molecule has 1 aliphatic heterocycles. The molecule has 0 saturated carbocycles. The molecular formula is C10H22N2O2. The molecule has 0 amide bonds. The van der Waals surface area contributed by atoms with Gasteiger partial charge < -0.3 is 20.8 Å². The Morgan fingerprint density at radius 3 is 2.93 bits per heavy atom. The molecular weight excluding hydrogens is 180 g/mol. The van der Waals surface area contributed by atoms with Gasteiger partial charge in [-0.1, -0.05) is 0 Å². The molecule has 0 spiro atoms. The predicted molar refractivity (Wildman–Crippen MR) is 56.2 cm³/mol. The maximum Gasteiger partial charge on any atom is 0.0895 e. The van der Waals surface area contributed by atoms with Gasteiger partial charge in [-0.05, 0) is 32.7 Å². The highest BCUT2D eigenvalue weighted by atomic mass is 16.3. The van der Waals surface area contributed by atoms with Crippen molar-refractivity contribution in [2.75, 3.05) is 19.7 Å². The summed E-state index contributed by atoms with van der Waals surface area (Å²) >= 11 is 0. The second kappa shape index (κ2) is 6.35. The van der Waals surface area contributed by atoms with Gasteiger partial charge in [0.2, 0.25) is 0 Å². The predicted octanol–water partition coefficient (Wildman–Crippen LogP) is -0.540. The number of hydrogen-bond donors (Lipinski definition) is 4. The maximum atomic E-state index is 9.14. The van der Waals surface area contributed by atoms with Gasteiger partial charge in [0.1, 0.15) is 0 Å². The molecule has 84 valence electrons. The van der Waals surface area contributed by atoms with E-state index in [1.807, 2.05) is 0 Å². The number of aliphatic hydroxyl groups is 2. The van der Waals surface area contributed by atoms with Crippen LogP contribution in [0.1, 0.15) is 26.2 Å². The Labute approximate surface area is 85.7 Å². The van der Waals surface area contributed by atoms with E-state index in [-0.39, 0.29) is 6.61 Å². The largest absolute Gasteiger partial charge is 0.394 e. The Bertz CT molecular complexity index is 149. The molecule has 1 saturated heterocycles. The van der Waals surface area contributed by atoms with Gasteiger partial charge in [-0.3, -0.25) is 0 Å². The fourth-order valence-electron chi connectivity index (χ4n) is 1.87. The van der Waals surface area contributed by atoms with E-state index in [0.717, 1.165) is 13.0 Å². The average Bonchev–Trinajstić information content (AvgIpc) is 2.66. The fraction of sp³-hybridized carbons (Fsp3) is 1.00. The standard InChI is InChI=1S/C10H22N2O2/c1-8(12-6-10(14)7-13)5-9-3-2-4-11-9/h8-14H,2-7H2,1H3. The van der Waals surface area contributed by atoms with Crippen LogP contribution in [0, 0.1) is 0 Å². The zero-order valence-corrected chi connectivity index (χ0v) is 8.87. The highest BCUT2D eigenvalue weighted by molar-refractivity contribution is 4.78. The van der Waals surface area contributed by atoms with Crippen molar-refractivity contribution >= 4 is 0 Å². The molecule has 0 aromatic rings. The molecule has 1 heterocycles. The summed E-state index contributed by atoms with van der Waals surface area (Å²) in [6, 6.07) is 1.02. The van der Waals surface area contributed by atoms with Gasteiger partial charge in [-0.2, -0.15) is 0 Å². The molecule has 1 rings (SSSR count). The van der Waals surface area contributed by atoms with Crippen LogP contribution in [-0.2, 0) is 0 Å². The molecule has 0 radical (unpaired) electrons. The molecule has 1 fully saturated rings. The van der Waals surface area contributed by atoms with E-state index in [0.29, 0.717) is 18.6 Å². The van der Waals surface area contributed by atoms with Crippen LogP contribution < -0.4 is 10.6 Å². The van der Waals surface area contributed by atoms with Crippen molar-refractivity contribution in [2.45, 2.75) is 44.4 Å². The van der Waals surface area contributed by atoms with Gasteiger partial charge in [0.15, 0.2) is 0 Å². The summed E-state index contributed by atoms with van der Waals surface area (Å²) in [7, 11) is 0. The highest BCUT2D eigenvalue weighted by Crippen LogP contribution is 2.10.